The molecule has 1 unspecified atom stereocenters. The molecular weight excluding hydrogens is 540 g/mol. The summed E-state index contributed by atoms with van der Waals surface area (Å²) in [5.74, 6) is -0.888. The third-order valence-electron chi connectivity index (χ3n) is 5.11. The third-order valence-corrected chi connectivity index (χ3v) is 6.24. The zero-order chi connectivity index (χ0) is 22.7. The SMILES string of the molecule is O=C(CC1C(=O)N(c2ccccc2)C(=S)N1Cc1ccc(F)cc1)Nc1ccc(I)cc1. The van der Waals surface area contributed by atoms with E-state index in [9.17, 15) is 14.0 Å². The van der Waals surface area contributed by atoms with E-state index in [0.717, 1.165) is 9.13 Å². The van der Waals surface area contributed by atoms with Gasteiger partial charge >= 0.3 is 0 Å². The maximum Gasteiger partial charge on any atom is 0.256 e. The number of hydrogen-bond acceptors (Lipinski definition) is 3. The Labute approximate surface area is 204 Å². The molecule has 1 N–H and O–H groups in total. The molecule has 0 bridgehead atoms. The Hall–Kier alpha value is -2.85. The molecule has 0 aliphatic carbocycles. The summed E-state index contributed by atoms with van der Waals surface area (Å²) in [6.07, 6.45) is -0.0600. The molecule has 0 spiro atoms. The van der Waals surface area contributed by atoms with Crippen LogP contribution in [0.4, 0.5) is 15.8 Å². The van der Waals surface area contributed by atoms with Crippen molar-refractivity contribution in [3.8, 4) is 0 Å². The highest BCUT2D eigenvalue weighted by Crippen LogP contribution is 2.29. The number of nitrogens with one attached hydrogen (secondary N) is 1. The minimum Gasteiger partial charge on any atom is -0.332 e. The van der Waals surface area contributed by atoms with Crippen molar-refractivity contribution in [2.24, 2.45) is 0 Å². The van der Waals surface area contributed by atoms with E-state index in [4.69, 9.17) is 12.2 Å². The van der Waals surface area contributed by atoms with E-state index in [2.05, 4.69) is 27.9 Å². The van der Waals surface area contributed by atoms with Crippen molar-refractivity contribution in [2.45, 2.75) is 19.0 Å². The summed E-state index contributed by atoms with van der Waals surface area (Å²) >= 11 is 7.83. The quantitative estimate of drug-likeness (QED) is 0.343. The van der Waals surface area contributed by atoms with Gasteiger partial charge in [0.2, 0.25) is 5.91 Å². The minimum absolute atomic E-state index is 0.0600. The molecule has 1 aliphatic heterocycles. The maximum atomic E-state index is 13.4. The standard InChI is InChI=1S/C24H19FIN3O2S/c25-17-8-6-16(7-9-17)15-28-21(14-22(30)27-19-12-10-18(26)11-13-19)23(31)29(24(28)32)20-4-2-1-3-5-20/h1-13,21H,14-15H2,(H,27,30). The van der Waals surface area contributed by atoms with E-state index in [1.165, 1.54) is 17.0 Å². The topological polar surface area (TPSA) is 52.7 Å². The number of nitrogens with zero attached hydrogens (tertiary/aromatic N) is 2. The van der Waals surface area contributed by atoms with Crippen LogP contribution in [0.25, 0.3) is 0 Å². The lowest BCUT2D eigenvalue weighted by atomic mass is 10.1. The number of carbonyl (C=O) groups is 2. The van der Waals surface area contributed by atoms with Crippen molar-refractivity contribution < 1.29 is 14.0 Å². The van der Waals surface area contributed by atoms with Gasteiger partial charge in [-0.05, 0) is 88.9 Å². The molecule has 2 amide bonds. The lowest BCUT2D eigenvalue weighted by molar-refractivity contribution is -0.124. The third kappa shape index (κ3) is 4.97. The Bertz CT molecular complexity index is 1140. The Balaban J connectivity index is 1.58. The molecule has 3 aromatic carbocycles. The Kier molecular flexibility index (Phi) is 6.80. The predicted molar refractivity (Wildman–Crippen MR) is 135 cm³/mol. The lowest BCUT2D eigenvalue weighted by Gasteiger charge is -2.24. The second-order valence-corrected chi connectivity index (χ2v) is 8.93. The van der Waals surface area contributed by atoms with Gasteiger partial charge in [-0.3, -0.25) is 14.5 Å². The zero-order valence-electron chi connectivity index (χ0n) is 16.9. The molecule has 5 nitrogen and oxygen atoms in total. The van der Waals surface area contributed by atoms with Gasteiger partial charge in [0.1, 0.15) is 11.9 Å². The van der Waals surface area contributed by atoms with Crippen LogP contribution in [0.15, 0.2) is 78.9 Å². The van der Waals surface area contributed by atoms with Gasteiger partial charge in [-0.25, -0.2) is 4.39 Å². The van der Waals surface area contributed by atoms with Crippen LogP contribution in [0.2, 0.25) is 0 Å². The molecule has 0 radical (unpaired) electrons. The number of para-hydroxylation sites is 1. The summed E-state index contributed by atoms with van der Waals surface area (Å²) in [6.45, 7) is 0.287. The molecule has 32 heavy (non-hydrogen) atoms. The van der Waals surface area contributed by atoms with E-state index in [1.807, 2.05) is 42.5 Å². The van der Waals surface area contributed by atoms with Gasteiger partial charge in [0.05, 0.1) is 12.1 Å². The van der Waals surface area contributed by atoms with Crippen molar-refractivity contribution in [3.05, 3.63) is 93.8 Å². The number of amides is 2. The van der Waals surface area contributed by atoms with Crippen molar-refractivity contribution in [1.82, 2.24) is 4.90 Å². The fourth-order valence-electron chi connectivity index (χ4n) is 3.54. The molecule has 1 aliphatic rings. The number of thiocarbonyl (C=S) groups is 1. The van der Waals surface area contributed by atoms with Crippen LogP contribution in [-0.2, 0) is 16.1 Å². The van der Waals surface area contributed by atoms with Crippen LogP contribution in [0.5, 0.6) is 0 Å². The van der Waals surface area contributed by atoms with E-state index in [0.29, 0.717) is 16.5 Å². The fraction of sp³-hybridized carbons (Fsp3) is 0.125. The van der Waals surface area contributed by atoms with Crippen LogP contribution in [0.3, 0.4) is 0 Å². The van der Waals surface area contributed by atoms with Gasteiger partial charge in [0, 0.05) is 15.8 Å². The molecule has 0 aromatic heterocycles. The van der Waals surface area contributed by atoms with Crippen LogP contribution >= 0.6 is 34.8 Å². The molecule has 0 saturated carbocycles. The zero-order valence-corrected chi connectivity index (χ0v) is 19.8. The molecule has 8 heteroatoms. The average Bonchev–Trinajstić information content (AvgIpc) is 3.01. The van der Waals surface area contributed by atoms with Crippen molar-refractivity contribution in [2.75, 3.05) is 10.2 Å². The molecular formula is C24H19FIN3O2S. The number of benzene rings is 3. The Morgan fingerprint density at radius 1 is 1.00 bits per heavy atom. The van der Waals surface area contributed by atoms with Crippen molar-refractivity contribution in [1.29, 1.82) is 0 Å². The van der Waals surface area contributed by atoms with Crippen LogP contribution in [0.1, 0.15) is 12.0 Å². The first kappa shape index (κ1) is 22.3. The van der Waals surface area contributed by atoms with Crippen molar-refractivity contribution in [3.63, 3.8) is 0 Å². The second kappa shape index (κ2) is 9.74. The van der Waals surface area contributed by atoms with Crippen molar-refractivity contribution >= 4 is 63.1 Å². The smallest absolute Gasteiger partial charge is 0.256 e. The molecule has 162 valence electrons. The number of anilines is 2. The predicted octanol–water partition coefficient (Wildman–Crippen LogP) is 4.96. The molecule has 1 heterocycles. The molecule has 1 fully saturated rings. The highest BCUT2D eigenvalue weighted by Gasteiger charge is 2.44. The average molecular weight is 559 g/mol. The molecule has 1 saturated heterocycles. The minimum atomic E-state index is -0.767. The summed E-state index contributed by atoms with van der Waals surface area (Å²) in [5, 5.41) is 3.16. The highest BCUT2D eigenvalue weighted by atomic mass is 127. The van der Waals surface area contributed by atoms with Gasteiger partial charge in [-0.2, -0.15) is 0 Å². The fourth-order valence-corrected chi connectivity index (χ4v) is 4.28. The Morgan fingerprint density at radius 2 is 1.66 bits per heavy atom. The lowest BCUT2D eigenvalue weighted by Crippen LogP contribution is -2.37. The first-order valence-corrected chi connectivity index (χ1v) is 11.4. The number of hydrogen-bond donors (Lipinski definition) is 1. The molecule has 3 aromatic rings. The second-order valence-electron chi connectivity index (χ2n) is 7.32. The highest BCUT2D eigenvalue weighted by molar-refractivity contribution is 14.1. The molecule has 1 atom stereocenters. The van der Waals surface area contributed by atoms with Gasteiger partial charge in [-0.15, -0.1) is 0 Å². The van der Waals surface area contributed by atoms with E-state index < -0.39 is 6.04 Å². The summed E-state index contributed by atoms with van der Waals surface area (Å²) in [4.78, 5) is 29.3. The van der Waals surface area contributed by atoms with E-state index >= 15 is 0 Å². The monoisotopic (exact) mass is 559 g/mol. The Morgan fingerprint density at radius 3 is 2.31 bits per heavy atom. The summed E-state index contributed by atoms with van der Waals surface area (Å²) < 4.78 is 14.4. The largest absolute Gasteiger partial charge is 0.332 e. The molecule has 4 rings (SSSR count). The van der Waals surface area contributed by atoms with Crippen LogP contribution < -0.4 is 10.2 Å². The number of carbonyl (C=O) groups excluding carboxylic acids is 2. The first-order valence-electron chi connectivity index (χ1n) is 9.92. The first-order chi connectivity index (χ1) is 15.4. The normalized spacial score (nSPS) is 15.9. The maximum absolute atomic E-state index is 13.4. The van der Waals surface area contributed by atoms with Gasteiger partial charge in [-0.1, -0.05) is 30.3 Å². The van der Waals surface area contributed by atoms with E-state index in [1.54, 1.807) is 29.2 Å². The number of halogens is 2. The van der Waals surface area contributed by atoms with Crippen LogP contribution in [-0.4, -0.2) is 27.9 Å². The summed E-state index contributed by atoms with van der Waals surface area (Å²) in [6, 6.07) is 21.8. The van der Waals surface area contributed by atoms with Crippen LogP contribution in [0, 0.1) is 9.39 Å². The number of rotatable bonds is 6. The summed E-state index contributed by atoms with van der Waals surface area (Å²) in [5.41, 5.74) is 2.10. The van der Waals surface area contributed by atoms with E-state index in [-0.39, 0.29) is 30.6 Å². The summed E-state index contributed by atoms with van der Waals surface area (Å²) in [7, 11) is 0. The van der Waals surface area contributed by atoms with Gasteiger partial charge in [0.25, 0.3) is 5.91 Å². The van der Waals surface area contributed by atoms with Gasteiger partial charge < -0.3 is 10.2 Å². The van der Waals surface area contributed by atoms with Gasteiger partial charge in [0.15, 0.2) is 5.11 Å².